The normalized spacial score (nSPS) is 14.5. The predicted molar refractivity (Wildman–Crippen MR) is 118 cm³/mol. The molecule has 2 aromatic carbocycles. The van der Waals surface area contributed by atoms with Crippen molar-refractivity contribution in [3.63, 3.8) is 0 Å². The number of aliphatic hydroxyl groups is 1. The van der Waals surface area contributed by atoms with Crippen molar-refractivity contribution in [1.29, 1.82) is 0 Å². The molecule has 1 fully saturated rings. The lowest BCUT2D eigenvalue weighted by atomic mass is 10.1. The first-order valence-corrected chi connectivity index (χ1v) is 10.9. The minimum atomic E-state index is -0.912. The Morgan fingerprint density at radius 2 is 1.90 bits per heavy atom. The number of aliphatic hydroxyl groups excluding tert-OH is 1. The Balaban J connectivity index is 1.57. The summed E-state index contributed by atoms with van der Waals surface area (Å²) >= 11 is 1.60. The van der Waals surface area contributed by atoms with Crippen molar-refractivity contribution in [3.8, 4) is 0 Å². The summed E-state index contributed by atoms with van der Waals surface area (Å²) in [6.07, 6.45) is 2.37. The molecule has 1 heterocycles. The molecule has 0 aromatic heterocycles. The molecule has 1 aliphatic rings. The number of nitrogens with one attached hydrogen (secondary N) is 2. The van der Waals surface area contributed by atoms with Crippen LogP contribution in [0.4, 0.5) is 11.4 Å². The summed E-state index contributed by atoms with van der Waals surface area (Å²) in [6.45, 7) is 2.46. The van der Waals surface area contributed by atoms with Gasteiger partial charge >= 0.3 is 11.8 Å². The lowest BCUT2D eigenvalue weighted by molar-refractivity contribution is -0.136. The van der Waals surface area contributed by atoms with Crippen LogP contribution in [-0.2, 0) is 14.4 Å². The van der Waals surface area contributed by atoms with Crippen LogP contribution >= 0.6 is 11.8 Å². The van der Waals surface area contributed by atoms with Gasteiger partial charge in [0.2, 0.25) is 5.91 Å². The van der Waals surface area contributed by atoms with Gasteiger partial charge in [-0.1, -0.05) is 18.2 Å². The molecule has 3 amide bonds. The third-order valence-corrected chi connectivity index (χ3v) is 5.74. The van der Waals surface area contributed by atoms with E-state index in [1.165, 1.54) is 0 Å². The molecule has 158 valence electrons. The van der Waals surface area contributed by atoms with E-state index in [0.29, 0.717) is 24.2 Å². The SMILES string of the molecule is CSc1ccc([C@H](O)CNC(=O)C(=O)Nc2ccc(C)c(N3CCCC3=O)c2)cc1. The second-order valence-corrected chi connectivity index (χ2v) is 7.98. The van der Waals surface area contributed by atoms with Gasteiger partial charge in [-0.25, -0.2) is 0 Å². The van der Waals surface area contributed by atoms with Crippen molar-refractivity contribution in [2.24, 2.45) is 0 Å². The van der Waals surface area contributed by atoms with Gasteiger partial charge in [0.25, 0.3) is 0 Å². The Labute approximate surface area is 179 Å². The maximum absolute atomic E-state index is 12.2. The number of thioether (sulfide) groups is 1. The van der Waals surface area contributed by atoms with Gasteiger partial charge in [0.1, 0.15) is 0 Å². The molecule has 1 aliphatic heterocycles. The third kappa shape index (κ3) is 5.20. The van der Waals surface area contributed by atoms with Crippen molar-refractivity contribution in [3.05, 3.63) is 53.6 Å². The molecule has 2 aromatic rings. The average molecular weight is 428 g/mol. The molecule has 0 radical (unpaired) electrons. The highest BCUT2D eigenvalue weighted by Gasteiger charge is 2.24. The second kappa shape index (κ2) is 9.77. The molecule has 0 spiro atoms. The van der Waals surface area contributed by atoms with Gasteiger partial charge < -0.3 is 20.6 Å². The quantitative estimate of drug-likeness (QED) is 0.486. The predicted octanol–water partition coefficient (Wildman–Crippen LogP) is 2.63. The van der Waals surface area contributed by atoms with Crippen molar-refractivity contribution in [2.45, 2.75) is 30.8 Å². The molecule has 0 aliphatic carbocycles. The molecule has 30 heavy (non-hydrogen) atoms. The summed E-state index contributed by atoms with van der Waals surface area (Å²) < 4.78 is 0. The molecule has 0 saturated carbocycles. The fourth-order valence-corrected chi connectivity index (χ4v) is 3.69. The minimum Gasteiger partial charge on any atom is -0.387 e. The summed E-state index contributed by atoms with van der Waals surface area (Å²) in [5.74, 6) is -1.62. The molecular weight excluding hydrogens is 402 g/mol. The van der Waals surface area contributed by atoms with Crippen LogP contribution in [0.1, 0.15) is 30.1 Å². The third-order valence-electron chi connectivity index (χ3n) is 4.99. The molecule has 0 bridgehead atoms. The van der Waals surface area contributed by atoms with Crippen LogP contribution in [0.5, 0.6) is 0 Å². The van der Waals surface area contributed by atoms with Crippen LogP contribution in [-0.4, -0.2) is 42.2 Å². The zero-order chi connectivity index (χ0) is 21.7. The van der Waals surface area contributed by atoms with Crippen LogP contribution in [0.25, 0.3) is 0 Å². The first-order chi connectivity index (χ1) is 14.4. The standard InChI is InChI=1S/C22H25N3O4S/c1-14-5-8-16(12-18(14)25-11-3-4-20(25)27)24-22(29)21(28)23-13-19(26)15-6-9-17(30-2)10-7-15/h5-10,12,19,26H,3-4,11,13H2,1-2H3,(H,23,28)(H,24,29)/t19-/m1/s1. The fraction of sp³-hybridized carbons (Fsp3) is 0.318. The molecule has 1 saturated heterocycles. The number of nitrogens with zero attached hydrogens (tertiary/aromatic N) is 1. The first kappa shape index (κ1) is 21.9. The monoisotopic (exact) mass is 427 g/mol. The van der Waals surface area contributed by atoms with Gasteiger partial charge in [-0.2, -0.15) is 0 Å². The highest BCUT2D eigenvalue weighted by atomic mass is 32.2. The molecule has 0 unspecified atom stereocenters. The second-order valence-electron chi connectivity index (χ2n) is 7.10. The highest BCUT2D eigenvalue weighted by molar-refractivity contribution is 7.98. The zero-order valence-electron chi connectivity index (χ0n) is 17.0. The number of amides is 3. The van der Waals surface area contributed by atoms with E-state index in [-0.39, 0.29) is 12.5 Å². The molecule has 8 heteroatoms. The molecule has 3 N–H and O–H groups in total. The van der Waals surface area contributed by atoms with E-state index in [4.69, 9.17) is 0 Å². The smallest absolute Gasteiger partial charge is 0.313 e. The Morgan fingerprint density at radius 3 is 2.53 bits per heavy atom. The summed E-state index contributed by atoms with van der Waals surface area (Å²) in [5, 5.41) is 15.2. The van der Waals surface area contributed by atoms with Gasteiger partial charge in [-0.3, -0.25) is 14.4 Å². The number of anilines is 2. The van der Waals surface area contributed by atoms with E-state index < -0.39 is 17.9 Å². The van der Waals surface area contributed by atoms with Crippen LogP contribution < -0.4 is 15.5 Å². The van der Waals surface area contributed by atoms with Gasteiger partial charge in [-0.05, 0) is 55.0 Å². The molecule has 3 rings (SSSR count). The van der Waals surface area contributed by atoms with Crippen LogP contribution in [0.15, 0.2) is 47.4 Å². The molecular formula is C22H25N3O4S. The maximum atomic E-state index is 12.2. The molecule has 7 nitrogen and oxygen atoms in total. The Kier molecular flexibility index (Phi) is 7.12. The highest BCUT2D eigenvalue weighted by Crippen LogP contribution is 2.28. The number of rotatable bonds is 6. The summed E-state index contributed by atoms with van der Waals surface area (Å²) in [5.41, 5.74) is 2.75. The number of aryl methyl sites for hydroxylation is 1. The van der Waals surface area contributed by atoms with Crippen LogP contribution in [0, 0.1) is 6.92 Å². The lowest BCUT2D eigenvalue weighted by Crippen LogP contribution is -2.37. The van der Waals surface area contributed by atoms with Crippen molar-refractivity contribution < 1.29 is 19.5 Å². The van der Waals surface area contributed by atoms with E-state index >= 15 is 0 Å². The van der Waals surface area contributed by atoms with E-state index in [1.807, 2.05) is 25.3 Å². The fourth-order valence-electron chi connectivity index (χ4n) is 3.28. The van der Waals surface area contributed by atoms with E-state index in [1.54, 1.807) is 47.0 Å². The van der Waals surface area contributed by atoms with E-state index in [2.05, 4.69) is 10.6 Å². The Morgan fingerprint density at radius 1 is 1.17 bits per heavy atom. The average Bonchev–Trinajstić information content (AvgIpc) is 3.18. The van der Waals surface area contributed by atoms with Crippen LogP contribution in [0.3, 0.4) is 0 Å². The number of hydrogen-bond donors (Lipinski definition) is 3. The van der Waals surface area contributed by atoms with E-state index in [9.17, 15) is 19.5 Å². The van der Waals surface area contributed by atoms with Crippen molar-refractivity contribution in [2.75, 3.05) is 29.6 Å². The zero-order valence-corrected chi connectivity index (χ0v) is 17.8. The van der Waals surface area contributed by atoms with Gasteiger partial charge in [0.15, 0.2) is 0 Å². The van der Waals surface area contributed by atoms with Gasteiger partial charge in [0, 0.05) is 35.8 Å². The largest absolute Gasteiger partial charge is 0.387 e. The minimum absolute atomic E-state index is 0.0545. The number of hydrogen-bond acceptors (Lipinski definition) is 5. The summed E-state index contributed by atoms with van der Waals surface area (Å²) in [4.78, 5) is 39.2. The number of benzene rings is 2. The Bertz CT molecular complexity index is 946. The maximum Gasteiger partial charge on any atom is 0.313 e. The summed E-state index contributed by atoms with van der Waals surface area (Å²) in [7, 11) is 0. The van der Waals surface area contributed by atoms with Crippen LogP contribution in [0.2, 0.25) is 0 Å². The summed E-state index contributed by atoms with van der Waals surface area (Å²) in [6, 6.07) is 12.5. The van der Waals surface area contributed by atoms with Crippen molar-refractivity contribution in [1.82, 2.24) is 5.32 Å². The Hall–Kier alpha value is -2.84. The van der Waals surface area contributed by atoms with E-state index in [0.717, 1.165) is 22.6 Å². The van der Waals surface area contributed by atoms with Crippen molar-refractivity contribution >= 4 is 40.9 Å². The first-order valence-electron chi connectivity index (χ1n) is 9.71. The lowest BCUT2D eigenvalue weighted by Gasteiger charge is -2.19. The van der Waals surface area contributed by atoms with Gasteiger partial charge in [-0.15, -0.1) is 11.8 Å². The van der Waals surface area contributed by atoms with Gasteiger partial charge in [0.05, 0.1) is 6.10 Å². The number of carbonyl (C=O) groups is 3. The number of carbonyl (C=O) groups excluding carboxylic acids is 3. The molecule has 1 atom stereocenters. The topological polar surface area (TPSA) is 98.7 Å².